The first kappa shape index (κ1) is 12.1. The van der Waals surface area contributed by atoms with E-state index >= 15 is 0 Å². The second kappa shape index (κ2) is 5.36. The first-order chi connectivity index (χ1) is 9.83. The van der Waals surface area contributed by atoms with Crippen molar-refractivity contribution in [2.45, 2.75) is 0 Å². The summed E-state index contributed by atoms with van der Waals surface area (Å²) in [7, 11) is 0. The summed E-state index contributed by atoms with van der Waals surface area (Å²) >= 11 is 0. The Kier molecular flexibility index (Phi) is 3.24. The van der Waals surface area contributed by atoms with Crippen molar-refractivity contribution in [3.8, 4) is 11.3 Å². The largest absolute Gasteiger partial charge is 0.345 e. The molecule has 0 saturated heterocycles. The number of imidazole rings is 1. The van der Waals surface area contributed by atoms with Crippen molar-refractivity contribution in [2.75, 3.05) is 5.32 Å². The highest BCUT2D eigenvalue weighted by molar-refractivity contribution is 6.04. The Hall–Kier alpha value is -2.95. The van der Waals surface area contributed by atoms with Crippen LogP contribution in [0.4, 0.5) is 5.69 Å². The van der Waals surface area contributed by atoms with Gasteiger partial charge in [0, 0.05) is 18.1 Å². The van der Waals surface area contributed by atoms with Gasteiger partial charge in [0.2, 0.25) is 0 Å². The van der Waals surface area contributed by atoms with Gasteiger partial charge in [0.25, 0.3) is 5.91 Å². The summed E-state index contributed by atoms with van der Waals surface area (Å²) in [4.78, 5) is 22.9. The Labute approximate surface area is 115 Å². The summed E-state index contributed by atoms with van der Waals surface area (Å²) in [6.07, 6.45) is 6.56. The highest BCUT2D eigenvalue weighted by Crippen LogP contribution is 2.19. The van der Waals surface area contributed by atoms with Crippen LogP contribution in [0.25, 0.3) is 11.3 Å². The van der Waals surface area contributed by atoms with E-state index in [1.807, 2.05) is 24.3 Å². The van der Waals surface area contributed by atoms with Gasteiger partial charge in [-0.25, -0.2) is 4.98 Å². The fourth-order valence-electron chi connectivity index (χ4n) is 1.85. The predicted octanol–water partition coefficient (Wildman–Crippen LogP) is 2.72. The average molecular weight is 264 g/mol. The topological polar surface area (TPSA) is 70.7 Å². The molecule has 2 N–H and O–H groups in total. The van der Waals surface area contributed by atoms with Gasteiger partial charge >= 0.3 is 0 Å². The number of carbonyl (C=O) groups is 1. The molecule has 0 fully saturated rings. The minimum Gasteiger partial charge on any atom is -0.345 e. The molecule has 0 spiro atoms. The normalized spacial score (nSPS) is 10.2. The van der Waals surface area contributed by atoms with Crippen LogP contribution in [0, 0.1) is 0 Å². The first-order valence-corrected chi connectivity index (χ1v) is 6.13. The van der Waals surface area contributed by atoms with Gasteiger partial charge in [0.15, 0.2) is 0 Å². The number of pyridine rings is 1. The Morgan fingerprint density at radius 2 is 1.90 bits per heavy atom. The monoisotopic (exact) mass is 264 g/mol. The lowest BCUT2D eigenvalue weighted by atomic mass is 10.1. The smallest absolute Gasteiger partial charge is 0.257 e. The van der Waals surface area contributed by atoms with E-state index in [9.17, 15) is 4.79 Å². The van der Waals surface area contributed by atoms with E-state index in [1.165, 1.54) is 6.20 Å². The van der Waals surface area contributed by atoms with Crippen molar-refractivity contribution in [3.63, 3.8) is 0 Å². The molecule has 2 aromatic heterocycles. The zero-order valence-electron chi connectivity index (χ0n) is 10.6. The van der Waals surface area contributed by atoms with Gasteiger partial charge < -0.3 is 10.3 Å². The van der Waals surface area contributed by atoms with Crippen LogP contribution in [0.2, 0.25) is 0 Å². The van der Waals surface area contributed by atoms with E-state index in [-0.39, 0.29) is 5.91 Å². The van der Waals surface area contributed by atoms with Gasteiger partial charge in [-0.15, -0.1) is 0 Å². The van der Waals surface area contributed by atoms with Crippen LogP contribution in [0.3, 0.4) is 0 Å². The maximum atomic E-state index is 12.0. The summed E-state index contributed by atoms with van der Waals surface area (Å²) in [5.41, 5.74) is 3.23. The molecule has 0 aliphatic heterocycles. The predicted molar refractivity (Wildman–Crippen MR) is 76.2 cm³/mol. The molecule has 0 unspecified atom stereocenters. The SMILES string of the molecule is O=C(Nc1ccc(-c2cnc[nH]2)cc1)c1cccnc1. The molecule has 0 radical (unpaired) electrons. The van der Waals surface area contributed by atoms with Crippen LogP contribution in [0.5, 0.6) is 0 Å². The minimum absolute atomic E-state index is 0.174. The molecule has 3 rings (SSSR count). The Morgan fingerprint density at radius 3 is 2.55 bits per heavy atom. The van der Waals surface area contributed by atoms with Crippen molar-refractivity contribution in [2.24, 2.45) is 0 Å². The second-order valence-corrected chi connectivity index (χ2v) is 4.24. The maximum absolute atomic E-state index is 12.0. The fourth-order valence-corrected chi connectivity index (χ4v) is 1.85. The molecule has 0 aliphatic carbocycles. The number of benzene rings is 1. The number of hydrogen-bond donors (Lipinski definition) is 2. The van der Waals surface area contributed by atoms with Gasteiger partial charge in [-0.1, -0.05) is 12.1 Å². The number of nitrogens with one attached hydrogen (secondary N) is 2. The first-order valence-electron chi connectivity index (χ1n) is 6.13. The van der Waals surface area contributed by atoms with Crippen LogP contribution in [0.15, 0.2) is 61.3 Å². The standard InChI is InChI=1S/C15H12N4O/c20-15(12-2-1-7-16-8-12)19-13-5-3-11(4-6-13)14-9-17-10-18-14/h1-10H,(H,17,18)(H,19,20). The van der Waals surface area contributed by atoms with E-state index in [4.69, 9.17) is 0 Å². The lowest BCUT2D eigenvalue weighted by Gasteiger charge is -2.05. The number of hydrogen-bond acceptors (Lipinski definition) is 3. The molecule has 20 heavy (non-hydrogen) atoms. The maximum Gasteiger partial charge on any atom is 0.257 e. The molecule has 0 atom stereocenters. The Balaban J connectivity index is 1.74. The number of carbonyl (C=O) groups excluding carboxylic acids is 1. The molecule has 5 heteroatoms. The van der Waals surface area contributed by atoms with Gasteiger partial charge in [-0.3, -0.25) is 9.78 Å². The molecule has 1 aromatic carbocycles. The third kappa shape index (κ3) is 2.56. The van der Waals surface area contributed by atoms with Crippen LogP contribution < -0.4 is 5.32 Å². The third-order valence-corrected chi connectivity index (χ3v) is 2.88. The molecule has 0 bridgehead atoms. The minimum atomic E-state index is -0.174. The molecule has 1 amide bonds. The number of anilines is 1. The van der Waals surface area contributed by atoms with Crippen molar-refractivity contribution in [1.29, 1.82) is 0 Å². The average Bonchev–Trinajstić information content (AvgIpc) is 3.03. The van der Waals surface area contributed by atoms with Crippen LogP contribution in [0.1, 0.15) is 10.4 Å². The van der Waals surface area contributed by atoms with Gasteiger partial charge in [0.05, 0.1) is 23.8 Å². The lowest BCUT2D eigenvalue weighted by Crippen LogP contribution is -2.11. The van der Waals surface area contributed by atoms with E-state index in [2.05, 4.69) is 20.3 Å². The number of H-pyrrole nitrogens is 1. The molecule has 98 valence electrons. The third-order valence-electron chi connectivity index (χ3n) is 2.88. The Morgan fingerprint density at radius 1 is 1.05 bits per heavy atom. The molecule has 0 aliphatic rings. The van der Waals surface area contributed by atoms with Crippen molar-refractivity contribution >= 4 is 11.6 Å². The number of amides is 1. The summed E-state index contributed by atoms with van der Waals surface area (Å²) < 4.78 is 0. The molecule has 3 aromatic rings. The molecule has 2 heterocycles. The summed E-state index contributed by atoms with van der Waals surface area (Å²) in [5, 5.41) is 2.83. The summed E-state index contributed by atoms with van der Waals surface area (Å²) in [5.74, 6) is -0.174. The van der Waals surface area contributed by atoms with Crippen molar-refractivity contribution < 1.29 is 4.79 Å². The summed E-state index contributed by atoms with van der Waals surface area (Å²) in [6.45, 7) is 0. The number of rotatable bonds is 3. The zero-order valence-corrected chi connectivity index (χ0v) is 10.6. The van der Waals surface area contributed by atoms with E-state index in [0.717, 1.165) is 16.9 Å². The van der Waals surface area contributed by atoms with Crippen LogP contribution in [-0.4, -0.2) is 20.9 Å². The van der Waals surface area contributed by atoms with Crippen molar-refractivity contribution in [1.82, 2.24) is 15.0 Å². The van der Waals surface area contributed by atoms with Crippen LogP contribution >= 0.6 is 0 Å². The number of aromatic nitrogens is 3. The molecule has 0 saturated carbocycles. The van der Waals surface area contributed by atoms with E-state index < -0.39 is 0 Å². The number of aromatic amines is 1. The molecular formula is C15H12N4O. The van der Waals surface area contributed by atoms with Crippen molar-refractivity contribution in [3.05, 3.63) is 66.9 Å². The fraction of sp³-hybridized carbons (Fsp3) is 0. The van der Waals surface area contributed by atoms with E-state index in [1.54, 1.807) is 30.9 Å². The van der Waals surface area contributed by atoms with E-state index in [0.29, 0.717) is 5.56 Å². The second-order valence-electron chi connectivity index (χ2n) is 4.24. The molecular weight excluding hydrogens is 252 g/mol. The highest BCUT2D eigenvalue weighted by atomic mass is 16.1. The zero-order chi connectivity index (χ0) is 13.8. The lowest BCUT2D eigenvalue weighted by molar-refractivity contribution is 0.102. The number of nitrogens with zero attached hydrogens (tertiary/aromatic N) is 2. The van der Waals surface area contributed by atoms with Gasteiger partial charge in [-0.05, 0) is 29.8 Å². The quantitative estimate of drug-likeness (QED) is 0.764. The Bertz CT molecular complexity index is 691. The summed E-state index contributed by atoms with van der Waals surface area (Å²) in [6, 6.07) is 11.0. The van der Waals surface area contributed by atoms with Gasteiger partial charge in [-0.2, -0.15) is 0 Å². The molecule has 5 nitrogen and oxygen atoms in total. The van der Waals surface area contributed by atoms with Gasteiger partial charge in [0.1, 0.15) is 0 Å². The van der Waals surface area contributed by atoms with Crippen LogP contribution in [-0.2, 0) is 0 Å². The highest BCUT2D eigenvalue weighted by Gasteiger charge is 2.06.